The second-order valence-electron chi connectivity index (χ2n) is 7.78. The third kappa shape index (κ3) is 5.38. The van der Waals surface area contributed by atoms with Gasteiger partial charge in [0.15, 0.2) is 18.5 Å². The molecule has 0 amide bonds. The van der Waals surface area contributed by atoms with E-state index < -0.39 is 54.0 Å². The molecule has 14 heteroatoms. The molecule has 1 saturated heterocycles. The predicted octanol–water partition coefficient (Wildman–Crippen LogP) is 3.15. The first-order chi connectivity index (χ1) is 17.7. The van der Waals surface area contributed by atoms with Crippen molar-refractivity contribution in [3.05, 3.63) is 114 Å². The molecule has 1 N–H and O–H groups in total. The molecule has 4 atom stereocenters. The van der Waals surface area contributed by atoms with Gasteiger partial charge in [0.1, 0.15) is 6.61 Å². The second-order valence-corrected chi connectivity index (χ2v) is 8.22. The number of halogens is 2. The molecule has 1 aliphatic heterocycles. The second kappa shape index (κ2) is 10.7. The number of alkyl halides is 1. The molecule has 0 radical (unpaired) electrons. The van der Waals surface area contributed by atoms with E-state index in [1.165, 1.54) is 36.4 Å². The first-order valence-electron chi connectivity index (χ1n) is 10.6. The molecule has 0 aliphatic carbocycles. The number of hydrogen-bond acceptors (Lipinski definition) is 8. The Labute approximate surface area is 211 Å². The SMILES string of the molecule is [N-]=[N+]=N[C@]1(COC(=O)c2cccc(Cl)c2)O[C@H](n2ccc(=O)[nH]c2=O)[C@@H](F)[C@@H]1OC(=O)c1ccccc1. The Kier molecular flexibility index (Phi) is 7.39. The van der Waals surface area contributed by atoms with Crippen LogP contribution in [-0.2, 0) is 14.2 Å². The molecule has 3 aromatic rings. The smallest absolute Gasteiger partial charge is 0.338 e. The molecule has 37 heavy (non-hydrogen) atoms. The van der Waals surface area contributed by atoms with Crippen LogP contribution in [0.1, 0.15) is 26.9 Å². The average molecular weight is 530 g/mol. The number of nitrogens with zero attached hydrogens (tertiary/aromatic N) is 4. The molecule has 0 unspecified atom stereocenters. The summed E-state index contributed by atoms with van der Waals surface area (Å²) in [5.41, 5.74) is 5.12. The van der Waals surface area contributed by atoms with Crippen LogP contribution in [0.15, 0.2) is 81.6 Å². The van der Waals surface area contributed by atoms with Gasteiger partial charge in [0.25, 0.3) is 5.56 Å². The largest absolute Gasteiger partial charge is 0.459 e. The number of benzene rings is 2. The minimum atomic E-state index is -2.42. The van der Waals surface area contributed by atoms with Crippen LogP contribution in [0.2, 0.25) is 5.02 Å². The molecule has 0 saturated carbocycles. The maximum absolute atomic E-state index is 15.8. The van der Waals surface area contributed by atoms with Gasteiger partial charge < -0.3 is 14.2 Å². The van der Waals surface area contributed by atoms with Crippen molar-refractivity contribution in [2.75, 3.05) is 6.61 Å². The predicted molar refractivity (Wildman–Crippen MR) is 126 cm³/mol. The number of azide groups is 1. The summed E-state index contributed by atoms with van der Waals surface area (Å²) in [7, 11) is 0. The summed E-state index contributed by atoms with van der Waals surface area (Å²) in [6, 6.07) is 14.2. The lowest BCUT2D eigenvalue weighted by Crippen LogP contribution is -2.47. The standard InChI is InChI=1S/C23H17ClFN5O7/c24-15-8-4-7-14(11-15)20(32)35-12-23(28-29-26)18(36-21(33)13-5-2-1-3-6-13)17(25)19(37-23)30-10-9-16(31)27-22(30)34/h1-11,17-19H,12H2,(H,27,31,34)/t17-,18-,19-,23+/m0/s1. The first-order valence-corrected chi connectivity index (χ1v) is 11.0. The number of aromatic amines is 1. The lowest BCUT2D eigenvalue weighted by atomic mass is 10.1. The molecule has 1 aliphatic rings. The van der Waals surface area contributed by atoms with Gasteiger partial charge in [0.2, 0.25) is 5.72 Å². The van der Waals surface area contributed by atoms with Gasteiger partial charge in [-0.2, -0.15) is 0 Å². The monoisotopic (exact) mass is 529 g/mol. The topological polar surface area (TPSA) is 165 Å². The third-order valence-electron chi connectivity index (χ3n) is 5.38. The minimum Gasteiger partial charge on any atom is -0.459 e. The van der Waals surface area contributed by atoms with Crippen molar-refractivity contribution in [1.82, 2.24) is 9.55 Å². The highest BCUT2D eigenvalue weighted by atomic mass is 35.5. The molecule has 2 aromatic carbocycles. The number of esters is 2. The number of hydrogen-bond donors (Lipinski definition) is 1. The first kappa shape index (κ1) is 25.6. The van der Waals surface area contributed by atoms with Crippen molar-refractivity contribution in [1.29, 1.82) is 0 Å². The van der Waals surface area contributed by atoms with E-state index in [-0.39, 0.29) is 16.1 Å². The molecule has 1 fully saturated rings. The fourth-order valence-corrected chi connectivity index (χ4v) is 3.85. The molecular weight excluding hydrogens is 513 g/mol. The summed E-state index contributed by atoms with van der Waals surface area (Å²) < 4.78 is 32.7. The maximum Gasteiger partial charge on any atom is 0.338 e. The van der Waals surface area contributed by atoms with Crippen molar-refractivity contribution < 1.29 is 28.2 Å². The van der Waals surface area contributed by atoms with Crippen LogP contribution in [-0.4, -0.2) is 46.1 Å². The van der Waals surface area contributed by atoms with Crippen LogP contribution in [0.3, 0.4) is 0 Å². The highest BCUT2D eigenvalue weighted by Gasteiger charge is 2.60. The lowest BCUT2D eigenvalue weighted by Gasteiger charge is -2.28. The van der Waals surface area contributed by atoms with Gasteiger partial charge in [-0.25, -0.2) is 18.8 Å². The fourth-order valence-electron chi connectivity index (χ4n) is 3.66. The van der Waals surface area contributed by atoms with Crippen molar-refractivity contribution in [3.8, 4) is 0 Å². The summed E-state index contributed by atoms with van der Waals surface area (Å²) in [4.78, 5) is 53.8. The van der Waals surface area contributed by atoms with Crippen LogP contribution >= 0.6 is 11.6 Å². The Morgan fingerprint density at radius 2 is 1.86 bits per heavy atom. The number of aromatic nitrogens is 2. The number of ether oxygens (including phenoxy) is 3. The van der Waals surface area contributed by atoms with Crippen LogP contribution in [0.25, 0.3) is 10.4 Å². The highest BCUT2D eigenvalue weighted by molar-refractivity contribution is 6.30. The van der Waals surface area contributed by atoms with Gasteiger partial charge in [-0.15, -0.1) is 0 Å². The molecule has 0 spiro atoms. The van der Waals surface area contributed by atoms with Gasteiger partial charge in [0.05, 0.1) is 11.1 Å². The van der Waals surface area contributed by atoms with Crippen molar-refractivity contribution in [3.63, 3.8) is 0 Å². The van der Waals surface area contributed by atoms with Gasteiger partial charge in [-0.05, 0) is 35.9 Å². The Hall–Kier alpha value is -4.45. The van der Waals surface area contributed by atoms with Crippen LogP contribution in [0, 0.1) is 0 Å². The van der Waals surface area contributed by atoms with E-state index in [1.807, 2.05) is 4.98 Å². The summed E-state index contributed by atoms with van der Waals surface area (Å²) in [5.74, 6) is -1.92. The highest BCUT2D eigenvalue weighted by Crippen LogP contribution is 2.42. The Morgan fingerprint density at radius 1 is 1.14 bits per heavy atom. The van der Waals surface area contributed by atoms with Gasteiger partial charge in [-0.3, -0.25) is 14.3 Å². The number of nitrogens with one attached hydrogen (secondary N) is 1. The molecular formula is C23H17ClFN5O7. The normalized spacial score (nSPS) is 22.6. The summed E-state index contributed by atoms with van der Waals surface area (Å²) in [6.45, 7) is -0.899. The number of carbonyl (C=O) groups is 2. The fraction of sp³-hybridized carbons (Fsp3) is 0.217. The number of carbonyl (C=O) groups excluding carboxylic acids is 2. The van der Waals surface area contributed by atoms with Crippen LogP contribution in [0.5, 0.6) is 0 Å². The van der Waals surface area contributed by atoms with E-state index in [4.69, 9.17) is 25.8 Å². The van der Waals surface area contributed by atoms with E-state index in [0.29, 0.717) is 4.57 Å². The summed E-state index contributed by atoms with van der Waals surface area (Å²) in [5, 5.41) is 3.73. The average Bonchev–Trinajstić information content (AvgIpc) is 3.14. The zero-order valence-corrected chi connectivity index (χ0v) is 19.4. The Balaban J connectivity index is 1.71. The van der Waals surface area contributed by atoms with E-state index >= 15 is 4.39 Å². The van der Waals surface area contributed by atoms with E-state index in [1.54, 1.807) is 18.2 Å². The molecule has 1 aromatic heterocycles. The molecule has 12 nitrogen and oxygen atoms in total. The third-order valence-corrected chi connectivity index (χ3v) is 5.62. The molecule has 0 bridgehead atoms. The minimum absolute atomic E-state index is 0.0321. The summed E-state index contributed by atoms with van der Waals surface area (Å²) >= 11 is 5.90. The summed E-state index contributed by atoms with van der Waals surface area (Å²) in [6.07, 6.45) is -5.13. The molecule has 2 heterocycles. The Morgan fingerprint density at radius 3 is 2.54 bits per heavy atom. The van der Waals surface area contributed by atoms with Crippen molar-refractivity contribution in [2.45, 2.75) is 24.2 Å². The molecule has 4 rings (SSSR count). The van der Waals surface area contributed by atoms with Crippen molar-refractivity contribution in [2.24, 2.45) is 5.11 Å². The van der Waals surface area contributed by atoms with E-state index in [0.717, 1.165) is 12.3 Å². The van der Waals surface area contributed by atoms with Crippen LogP contribution < -0.4 is 11.2 Å². The van der Waals surface area contributed by atoms with E-state index in [9.17, 15) is 24.7 Å². The van der Waals surface area contributed by atoms with Gasteiger partial charge in [0, 0.05) is 22.2 Å². The van der Waals surface area contributed by atoms with Gasteiger partial charge in [-0.1, -0.05) is 41.0 Å². The zero-order valence-electron chi connectivity index (χ0n) is 18.7. The van der Waals surface area contributed by atoms with Crippen molar-refractivity contribution >= 4 is 23.5 Å². The van der Waals surface area contributed by atoms with E-state index in [2.05, 4.69) is 10.0 Å². The Bertz CT molecular complexity index is 1490. The lowest BCUT2D eigenvalue weighted by molar-refractivity contribution is -0.129. The molecule has 190 valence electrons. The number of rotatable bonds is 7. The zero-order chi connectivity index (χ0) is 26.6. The van der Waals surface area contributed by atoms with Gasteiger partial charge >= 0.3 is 17.6 Å². The number of H-pyrrole nitrogens is 1. The van der Waals surface area contributed by atoms with Crippen LogP contribution in [0.4, 0.5) is 4.39 Å². The quantitative estimate of drug-likeness (QED) is 0.212. The maximum atomic E-state index is 15.8.